The summed E-state index contributed by atoms with van der Waals surface area (Å²) < 4.78 is 5.08. The van der Waals surface area contributed by atoms with E-state index in [1.54, 1.807) is 7.11 Å². The molecule has 2 nitrogen and oxygen atoms in total. The molecule has 2 atom stereocenters. The number of ether oxygens (including phenoxy) is 1. The van der Waals surface area contributed by atoms with Crippen molar-refractivity contribution in [1.29, 1.82) is 0 Å². The first-order valence-corrected chi connectivity index (χ1v) is 4.42. The van der Waals surface area contributed by atoms with E-state index in [2.05, 4.69) is 26.1 Å². The van der Waals surface area contributed by atoms with Crippen LogP contribution < -0.4 is 5.32 Å². The van der Waals surface area contributed by atoms with E-state index in [1.165, 1.54) is 0 Å². The Morgan fingerprint density at radius 2 is 1.91 bits per heavy atom. The van der Waals surface area contributed by atoms with Gasteiger partial charge < -0.3 is 10.1 Å². The highest BCUT2D eigenvalue weighted by Crippen LogP contribution is 2.09. The van der Waals surface area contributed by atoms with Gasteiger partial charge in [-0.25, -0.2) is 0 Å². The average Bonchev–Trinajstić information content (AvgIpc) is 2.00. The molecule has 0 spiro atoms. The van der Waals surface area contributed by atoms with E-state index in [9.17, 15) is 0 Å². The van der Waals surface area contributed by atoms with Crippen LogP contribution >= 0.6 is 0 Å². The summed E-state index contributed by atoms with van der Waals surface area (Å²) in [7, 11) is 1.76. The minimum absolute atomic E-state index is 0.652. The third-order valence-electron chi connectivity index (χ3n) is 2.12. The second-order valence-electron chi connectivity index (χ2n) is 3.22. The van der Waals surface area contributed by atoms with Gasteiger partial charge in [-0.05, 0) is 24.9 Å². The Hall–Kier alpha value is -0.0800. The van der Waals surface area contributed by atoms with E-state index in [0.717, 1.165) is 19.7 Å². The Morgan fingerprint density at radius 3 is 2.36 bits per heavy atom. The summed E-state index contributed by atoms with van der Waals surface area (Å²) in [6, 6.07) is 0. The van der Waals surface area contributed by atoms with Crippen LogP contribution in [-0.4, -0.2) is 26.8 Å². The van der Waals surface area contributed by atoms with Gasteiger partial charge in [0, 0.05) is 13.7 Å². The Labute approximate surface area is 70.3 Å². The van der Waals surface area contributed by atoms with Gasteiger partial charge in [-0.15, -0.1) is 0 Å². The van der Waals surface area contributed by atoms with Crippen LogP contribution in [0, 0.1) is 11.8 Å². The zero-order chi connectivity index (χ0) is 8.69. The Morgan fingerprint density at radius 1 is 1.27 bits per heavy atom. The Bertz CT molecular complexity index is 85.6. The fourth-order valence-electron chi connectivity index (χ4n) is 1.00. The summed E-state index contributed by atoms with van der Waals surface area (Å²) in [4.78, 5) is 0. The molecule has 0 aromatic carbocycles. The summed E-state index contributed by atoms with van der Waals surface area (Å²) in [6.07, 6.45) is 0. The van der Waals surface area contributed by atoms with Crippen LogP contribution in [0.1, 0.15) is 20.8 Å². The summed E-state index contributed by atoms with van der Waals surface area (Å²) >= 11 is 0. The lowest BCUT2D eigenvalue weighted by Gasteiger charge is -2.18. The highest BCUT2D eigenvalue weighted by Gasteiger charge is 2.10. The van der Waals surface area contributed by atoms with Gasteiger partial charge in [0.15, 0.2) is 0 Å². The largest absolute Gasteiger partial charge is 0.384 e. The minimum Gasteiger partial charge on any atom is -0.384 e. The van der Waals surface area contributed by atoms with Gasteiger partial charge in [0.25, 0.3) is 0 Å². The quantitative estimate of drug-likeness (QED) is 0.634. The van der Waals surface area contributed by atoms with Gasteiger partial charge in [0.05, 0.1) is 0 Å². The molecule has 0 saturated carbocycles. The van der Waals surface area contributed by atoms with Crippen LogP contribution in [0.3, 0.4) is 0 Å². The van der Waals surface area contributed by atoms with E-state index >= 15 is 0 Å². The maximum atomic E-state index is 5.08. The summed E-state index contributed by atoms with van der Waals surface area (Å²) in [6.45, 7) is 9.64. The van der Waals surface area contributed by atoms with Crippen LogP contribution in [0.15, 0.2) is 0 Å². The number of nitrogens with one attached hydrogen (secondary N) is 1. The molecule has 68 valence electrons. The maximum absolute atomic E-state index is 5.08. The first-order valence-electron chi connectivity index (χ1n) is 4.42. The molecule has 0 saturated heterocycles. The molecule has 0 aromatic rings. The Kier molecular flexibility index (Phi) is 6.57. The second-order valence-corrected chi connectivity index (χ2v) is 3.22. The smallest absolute Gasteiger partial charge is 0.0490 e. The predicted octanol–water partition coefficient (Wildman–Crippen LogP) is 1.51. The van der Waals surface area contributed by atoms with Crippen molar-refractivity contribution in [3.8, 4) is 0 Å². The number of rotatable bonds is 6. The van der Waals surface area contributed by atoms with Crippen molar-refractivity contribution >= 4 is 0 Å². The normalized spacial score (nSPS) is 16.4. The minimum atomic E-state index is 0.652. The molecule has 0 radical (unpaired) electrons. The van der Waals surface area contributed by atoms with E-state index < -0.39 is 0 Å². The average molecular weight is 159 g/mol. The van der Waals surface area contributed by atoms with Crippen LogP contribution in [0.25, 0.3) is 0 Å². The fraction of sp³-hybridized carbons (Fsp3) is 1.00. The molecule has 0 fully saturated rings. The Balaban J connectivity index is 3.38. The second kappa shape index (κ2) is 6.62. The van der Waals surface area contributed by atoms with Crippen molar-refractivity contribution in [2.75, 3.05) is 26.8 Å². The van der Waals surface area contributed by atoms with E-state index in [4.69, 9.17) is 4.74 Å². The zero-order valence-corrected chi connectivity index (χ0v) is 8.18. The van der Waals surface area contributed by atoms with Crippen LogP contribution in [0.5, 0.6) is 0 Å². The summed E-state index contributed by atoms with van der Waals surface area (Å²) in [5.41, 5.74) is 0. The fourth-order valence-corrected chi connectivity index (χ4v) is 1.00. The number of hydrogen-bond acceptors (Lipinski definition) is 2. The molecule has 0 aliphatic carbocycles. The van der Waals surface area contributed by atoms with Crippen molar-refractivity contribution < 1.29 is 4.74 Å². The van der Waals surface area contributed by atoms with E-state index in [-0.39, 0.29) is 0 Å². The third-order valence-corrected chi connectivity index (χ3v) is 2.12. The highest BCUT2D eigenvalue weighted by molar-refractivity contribution is 4.63. The van der Waals surface area contributed by atoms with Crippen molar-refractivity contribution in [3.63, 3.8) is 0 Å². The molecule has 0 amide bonds. The lowest BCUT2D eigenvalue weighted by atomic mass is 9.97. The first-order chi connectivity index (χ1) is 5.22. The molecule has 0 aromatic heterocycles. The molecule has 0 aliphatic rings. The molecular formula is C9H21NO. The van der Waals surface area contributed by atoms with Gasteiger partial charge in [-0.2, -0.15) is 0 Å². The summed E-state index contributed by atoms with van der Waals surface area (Å²) in [5, 5.41) is 3.33. The van der Waals surface area contributed by atoms with E-state index in [1.807, 2.05) is 0 Å². The SMILES string of the molecule is CCNC[C@@H](C)C(C)COC. The maximum Gasteiger partial charge on any atom is 0.0490 e. The molecule has 0 heterocycles. The van der Waals surface area contributed by atoms with Crippen molar-refractivity contribution in [2.24, 2.45) is 11.8 Å². The number of hydrogen-bond donors (Lipinski definition) is 1. The van der Waals surface area contributed by atoms with Gasteiger partial charge >= 0.3 is 0 Å². The van der Waals surface area contributed by atoms with Gasteiger partial charge in [-0.1, -0.05) is 20.8 Å². The first kappa shape index (κ1) is 10.9. The molecular weight excluding hydrogens is 138 g/mol. The third kappa shape index (κ3) is 5.22. The van der Waals surface area contributed by atoms with Crippen LogP contribution in [0.4, 0.5) is 0 Å². The standard InChI is InChI=1S/C9H21NO/c1-5-10-6-8(2)9(3)7-11-4/h8-10H,5-7H2,1-4H3/t8-,9?/m1/s1. The highest BCUT2D eigenvalue weighted by atomic mass is 16.5. The molecule has 1 unspecified atom stereocenters. The lowest BCUT2D eigenvalue weighted by Crippen LogP contribution is -2.26. The zero-order valence-electron chi connectivity index (χ0n) is 8.18. The molecule has 11 heavy (non-hydrogen) atoms. The van der Waals surface area contributed by atoms with Crippen molar-refractivity contribution in [1.82, 2.24) is 5.32 Å². The molecule has 1 N–H and O–H groups in total. The molecule has 2 heteroatoms. The monoisotopic (exact) mass is 159 g/mol. The van der Waals surface area contributed by atoms with Crippen molar-refractivity contribution in [3.05, 3.63) is 0 Å². The van der Waals surface area contributed by atoms with Crippen LogP contribution in [0.2, 0.25) is 0 Å². The number of methoxy groups -OCH3 is 1. The van der Waals surface area contributed by atoms with Gasteiger partial charge in [0.1, 0.15) is 0 Å². The molecule has 0 rings (SSSR count). The van der Waals surface area contributed by atoms with E-state index in [0.29, 0.717) is 11.8 Å². The van der Waals surface area contributed by atoms with Crippen LogP contribution in [-0.2, 0) is 4.74 Å². The topological polar surface area (TPSA) is 21.3 Å². The molecule has 0 bridgehead atoms. The summed E-state index contributed by atoms with van der Waals surface area (Å²) in [5.74, 6) is 1.36. The van der Waals surface area contributed by atoms with Crippen molar-refractivity contribution in [2.45, 2.75) is 20.8 Å². The van der Waals surface area contributed by atoms with Gasteiger partial charge in [-0.3, -0.25) is 0 Å². The van der Waals surface area contributed by atoms with Gasteiger partial charge in [0.2, 0.25) is 0 Å². The molecule has 0 aliphatic heterocycles. The lowest BCUT2D eigenvalue weighted by molar-refractivity contribution is 0.133. The predicted molar refractivity (Wildman–Crippen MR) is 48.7 cm³/mol.